The summed E-state index contributed by atoms with van der Waals surface area (Å²) in [6.07, 6.45) is 2.74. The van der Waals surface area contributed by atoms with E-state index < -0.39 is 0 Å². The smallest absolute Gasteiger partial charge is 0.127 e. The van der Waals surface area contributed by atoms with Gasteiger partial charge in [-0.2, -0.15) is 0 Å². The standard InChI is InChI=1S/C21H22ClNO2/c22-17-2-3-18-16(12-17)13-25-20-4-1-14(7-10-24)11-19(20)21(18)15-5-8-23-9-6-15/h1-4,11-12,23-24H,5-10,13H2. The summed E-state index contributed by atoms with van der Waals surface area (Å²) in [5.74, 6) is 0.912. The zero-order chi connectivity index (χ0) is 17.2. The Hall–Kier alpha value is -1.81. The Morgan fingerprint density at radius 3 is 2.68 bits per heavy atom. The molecule has 2 N–H and O–H groups in total. The molecule has 2 aliphatic rings. The Morgan fingerprint density at radius 2 is 1.88 bits per heavy atom. The van der Waals surface area contributed by atoms with E-state index in [2.05, 4.69) is 17.4 Å². The number of ether oxygens (including phenoxy) is 1. The first-order chi connectivity index (χ1) is 12.3. The van der Waals surface area contributed by atoms with Crippen molar-refractivity contribution in [1.82, 2.24) is 5.32 Å². The molecule has 0 bridgehead atoms. The second-order valence-electron chi connectivity index (χ2n) is 6.62. The van der Waals surface area contributed by atoms with Crippen molar-refractivity contribution >= 4 is 17.2 Å². The first kappa shape index (κ1) is 16.6. The van der Waals surface area contributed by atoms with E-state index in [4.69, 9.17) is 16.3 Å². The van der Waals surface area contributed by atoms with Crippen molar-refractivity contribution in [2.45, 2.75) is 25.9 Å². The van der Waals surface area contributed by atoms with Gasteiger partial charge in [-0.1, -0.05) is 29.3 Å². The van der Waals surface area contributed by atoms with Crippen molar-refractivity contribution in [3.8, 4) is 5.75 Å². The van der Waals surface area contributed by atoms with Gasteiger partial charge in [0.1, 0.15) is 12.4 Å². The molecular weight excluding hydrogens is 334 g/mol. The molecule has 0 saturated carbocycles. The zero-order valence-electron chi connectivity index (χ0n) is 14.1. The van der Waals surface area contributed by atoms with Crippen LogP contribution in [0.15, 0.2) is 42.0 Å². The van der Waals surface area contributed by atoms with Crippen molar-refractivity contribution < 1.29 is 9.84 Å². The molecule has 1 saturated heterocycles. The summed E-state index contributed by atoms with van der Waals surface area (Å²) in [7, 11) is 0. The summed E-state index contributed by atoms with van der Waals surface area (Å²) in [6, 6.07) is 12.4. The second-order valence-corrected chi connectivity index (χ2v) is 7.06. The summed E-state index contributed by atoms with van der Waals surface area (Å²) in [4.78, 5) is 0. The minimum atomic E-state index is 0.154. The highest BCUT2D eigenvalue weighted by Gasteiger charge is 2.23. The van der Waals surface area contributed by atoms with Crippen LogP contribution in [-0.4, -0.2) is 24.8 Å². The number of rotatable bonds is 2. The van der Waals surface area contributed by atoms with Gasteiger partial charge in [-0.3, -0.25) is 0 Å². The maximum absolute atomic E-state index is 9.32. The topological polar surface area (TPSA) is 41.5 Å². The fourth-order valence-corrected chi connectivity index (χ4v) is 3.96. The highest BCUT2D eigenvalue weighted by molar-refractivity contribution is 6.30. The van der Waals surface area contributed by atoms with Crippen LogP contribution in [0.25, 0.3) is 5.57 Å². The Morgan fingerprint density at radius 1 is 1.04 bits per heavy atom. The van der Waals surface area contributed by atoms with Crippen LogP contribution in [0.3, 0.4) is 0 Å². The second kappa shape index (κ2) is 7.20. The molecule has 1 fully saturated rings. The maximum Gasteiger partial charge on any atom is 0.127 e. The molecule has 3 nitrogen and oxygen atoms in total. The van der Waals surface area contributed by atoms with Crippen molar-refractivity contribution in [1.29, 1.82) is 0 Å². The zero-order valence-corrected chi connectivity index (χ0v) is 14.9. The highest BCUT2D eigenvalue weighted by Crippen LogP contribution is 2.41. The first-order valence-corrected chi connectivity index (χ1v) is 9.22. The van der Waals surface area contributed by atoms with Gasteiger partial charge in [-0.05, 0) is 78.9 Å². The number of fused-ring (bicyclic) bond motifs is 2. The third-order valence-corrected chi connectivity index (χ3v) is 5.23. The van der Waals surface area contributed by atoms with Crippen LogP contribution in [0.2, 0.25) is 5.02 Å². The molecule has 4 rings (SSSR count). The number of piperidine rings is 1. The summed E-state index contributed by atoms with van der Waals surface area (Å²) in [5, 5.41) is 13.5. The molecule has 0 aromatic heterocycles. The average Bonchev–Trinajstić information content (AvgIpc) is 2.79. The summed E-state index contributed by atoms with van der Waals surface area (Å²) >= 11 is 6.23. The first-order valence-electron chi connectivity index (χ1n) is 8.85. The molecule has 0 aliphatic carbocycles. The van der Waals surface area contributed by atoms with Gasteiger partial charge in [0, 0.05) is 17.2 Å². The molecule has 130 valence electrons. The third kappa shape index (κ3) is 3.32. The molecule has 2 heterocycles. The number of nitrogens with one attached hydrogen (secondary N) is 1. The lowest BCUT2D eigenvalue weighted by Gasteiger charge is -2.22. The minimum absolute atomic E-state index is 0.154. The van der Waals surface area contributed by atoms with E-state index >= 15 is 0 Å². The van der Waals surface area contributed by atoms with E-state index in [1.165, 1.54) is 16.7 Å². The quantitative estimate of drug-likeness (QED) is 0.857. The lowest BCUT2D eigenvalue weighted by Crippen LogP contribution is -2.24. The number of halogens is 1. The molecule has 0 amide bonds. The Bertz CT molecular complexity index is 821. The van der Waals surface area contributed by atoms with Crippen LogP contribution in [0.5, 0.6) is 5.75 Å². The average molecular weight is 356 g/mol. The van der Waals surface area contributed by atoms with Crippen LogP contribution in [0.4, 0.5) is 0 Å². The van der Waals surface area contributed by atoms with Crippen molar-refractivity contribution in [2.24, 2.45) is 0 Å². The van der Waals surface area contributed by atoms with Crippen molar-refractivity contribution in [3.05, 3.63) is 69.2 Å². The minimum Gasteiger partial charge on any atom is -0.488 e. The third-order valence-electron chi connectivity index (χ3n) is 4.99. The molecule has 0 radical (unpaired) electrons. The number of hydrogen-bond donors (Lipinski definition) is 2. The monoisotopic (exact) mass is 355 g/mol. The molecule has 0 spiro atoms. The van der Waals surface area contributed by atoms with E-state index in [-0.39, 0.29) is 6.61 Å². The number of aliphatic hydroxyl groups is 1. The van der Waals surface area contributed by atoms with Gasteiger partial charge < -0.3 is 15.2 Å². The maximum atomic E-state index is 9.32. The van der Waals surface area contributed by atoms with Gasteiger partial charge in [-0.25, -0.2) is 0 Å². The number of hydrogen-bond acceptors (Lipinski definition) is 3. The lowest BCUT2D eigenvalue weighted by atomic mass is 9.86. The fraction of sp³-hybridized carbons (Fsp3) is 0.333. The van der Waals surface area contributed by atoms with Crippen LogP contribution in [0.1, 0.15) is 35.1 Å². The highest BCUT2D eigenvalue weighted by atomic mass is 35.5. The summed E-state index contributed by atoms with van der Waals surface area (Å²) in [5.41, 5.74) is 7.39. The van der Waals surface area contributed by atoms with Crippen LogP contribution < -0.4 is 10.1 Å². The largest absolute Gasteiger partial charge is 0.488 e. The van der Waals surface area contributed by atoms with E-state index in [0.29, 0.717) is 13.0 Å². The lowest BCUT2D eigenvalue weighted by molar-refractivity contribution is 0.298. The normalized spacial score (nSPS) is 16.7. The molecule has 2 aromatic rings. The summed E-state index contributed by atoms with van der Waals surface area (Å²) < 4.78 is 6.11. The van der Waals surface area contributed by atoms with Crippen LogP contribution >= 0.6 is 11.6 Å². The van der Waals surface area contributed by atoms with Gasteiger partial charge >= 0.3 is 0 Å². The predicted molar refractivity (Wildman–Crippen MR) is 101 cm³/mol. The van der Waals surface area contributed by atoms with E-state index in [1.54, 1.807) is 0 Å². The Balaban J connectivity index is 1.94. The fourth-order valence-electron chi connectivity index (χ4n) is 3.77. The Labute approximate surface area is 153 Å². The molecule has 25 heavy (non-hydrogen) atoms. The van der Waals surface area contributed by atoms with Gasteiger partial charge in [0.05, 0.1) is 0 Å². The van der Waals surface area contributed by atoms with Crippen LogP contribution in [-0.2, 0) is 13.0 Å². The van der Waals surface area contributed by atoms with E-state index in [0.717, 1.165) is 53.4 Å². The van der Waals surface area contributed by atoms with Crippen molar-refractivity contribution in [3.63, 3.8) is 0 Å². The number of aliphatic hydroxyl groups excluding tert-OH is 1. The molecular formula is C21H22ClNO2. The summed E-state index contributed by atoms with van der Waals surface area (Å²) in [6.45, 7) is 2.70. The molecule has 2 aromatic carbocycles. The van der Waals surface area contributed by atoms with Crippen LogP contribution in [0, 0.1) is 0 Å². The predicted octanol–water partition coefficient (Wildman–Crippen LogP) is 3.95. The van der Waals surface area contributed by atoms with Gasteiger partial charge in [0.15, 0.2) is 0 Å². The van der Waals surface area contributed by atoms with Crippen molar-refractivity contribution in [2.75, 3.05) is 19.7 Å². The molecule has 0 atom stereocenters. The van der Waals surface area contributed by atoms with Gasteiger partial charge in [-0.15, -0.1) is 0 Å². The van der Waals surface area contributed by atoms with Gasteiger partial charge in [0.2, 0.25) is 0 Å². The SMILES string of the molecule is OCCc1ccc2c(c1)C(=C1CCNCC1)c1ccc(Cl)cc1CO2. The number of benzene rings is 2. The molecule has 2 aliphatic heterocycles. The molecule has 4 heteroatoms. The molecule has 0 unspecified atom stereocenters. The van der Waals surface area contributed by atoms with Gasteiger partial charge in [0.25, 0.3) is 0 Å². The van der Waals surface area contributed by atoms with E-state index in [9.17, 15) is 5.11 Å². The Kier molecular flexibility index (Phi) is 4.80. The van der Waals surface area contributed by atoms with E-state index in [1.807, 2.05) is 24.3 Å².